The Kier molecular flexibility index (Phi) is 46.4. The number of aromatic nitrogens is 3. The van der Waals surface area contributed by atoms with Crippen LogP contribution in [0, 0.1) is 20.8 Å². The van der Waals surface area contributed by atoms with E-state index < -0.39 is 43.5 Å². The summed E-state index contributed by atoms with van der Waals surface area (Å²) in [7, 11) is 0. The minimum Gasteiger partial charge on any atom is -0.872 e. The number of benzene rings is 6. The summed E-state index contributed by atoms with van der Waals surface area (Å²) in [5.74, 6) is -1.74. The van der Waals surface area contributed by atoms with Gasteiger partial charge in [0.05, 0.1) is 16.6 Å². The Labute approximate surface area is 555 Å². The number of alkyl halides is 6. The van der Waals surface area contributed by atoms with Gasteiger partial charge >= 0.3 is 58.4 Å². The van der Waals surface area contributed by atoms with Crippen LogP contribution in [0.1, 0.15) is 126 Å². The molecular formula is C64H71Cl6N3O6Ru3. The third-order valence-electron chi connectivity index (χ3n) is 10.9. The average Bonchev–Trinajstić information content (AvgIpc) is 3.39. The third-order valence-corrected chi connectivity index (χ3v) is 10.9. The second kappa shape index (κ2) is 46.3. The summed E-state index contributed by atoms with van der Waals surface area (Å²) < 4.78 is -1.50. The first-order valence-corrected chi connectivity index (χ1v) is 28.2. The number of unbranched alkanes of at least 4 members (excludes halogenated alkanes) is 2. The van der Waals surface area contributed by atoms with Crippen LogP contribution >= 0.6 is 69.6 Å². The summed E-state index contributed by atoms with van der Waals surface area (Å²) in [6.07, 6.45) is 4.08. The van der Waals surface area contributed by atoms with Crippen molar-refractivity contribution in [3.63, 3.8) is 0 Å². The number of halogens is 6. The molecule has 3 aromatic heterocycles. The standard InChI is InChI=1S/3C10H14.3C9H7NO2.C5H12.2CHCl3.3Ru/c3*1-8(2)10-6-4-9(3)5-7-10;3*11-8-5-6-3-1-2-4-7(6)10-9(8)12;1-3-5-4-2;2*2-1(3)4;;;/h3*4-8H,1-3H3;3*1-5,11H,(H,10,12);3-5H2,1-2H3;2*1H;;;/q;;;;;;;;;3*+2/p-6. The normalized spacial score (nSPS) is 9.73. The van der Waals surface area contributed by atoms with E-state index in [-0.39, 0.29) is 58.4 Å². The summed E-state index contributed by atoms with van der Waals surface area (Å²) in [6, 6.07) is 51.2. The number of aryl methyl sites for hydroxylation is 3. The van der Waals surface area contributed by atoms with Crippen molar-refractivity contribution < 1.29 is 89.1 Å². The second-order valence-electron chi connectivity index (χ2n) is 18.5. The van der Waals surface area contributed by atoms with Crippen LogP contribution in [0.2, 0.25) is 0 Å². The number of hydrogen-bond acceptors (Lipinski definition) is 9. The van der Waals surface area contributed by atoms with Gasteiger partial charge in [0, 0.05) is 0 Å². The number of pyridine rings is 3. The molecule has 6 aromatic carbocycles. The fourth-order valence-electron chi connectivity index (χ4n) is 6.44. The molecule has 9 rings (SSSR count). The first kappa shape index (κ1) is 82.2. The Balaban J connectivity index is -0.000000871. The Hall–Kier alpha value is -4.04. The molecule has 9 aromatic rings. The van der Waals surface area contributed by atoms with Gasteiger partial charge in [-0.25, -0.2) is 0 Å². The van der Waals surface area contributed by atoms with Crippen molar-refractivity contribution >= 4 is 102 Å². The predicted octanol–water partition coefficient (Wildman–Crippen LogP) is 16.7. The van der Waals surface area contributed by atoms with Crippen molar-refractivity contribution in [1.82, 2.24) is 15.0 Å². The summed E-state index contributed by atoms with van der Waals surface area (Å²) >= 11 is 28.8. The maximum atomic E-state index is 10.9. The smallest absolute Gasteiger partial charge is 0.872 e. The quantitative estimate of drug-likeness (QED) is 0.120. The maximum absolute atomic E-state index is 10.9. The molecule has 0 bridgehead atoms. The van der Waals surface area contributed by atoms with Gasteiger partial charge in [-0.05, 0) is 107 Å². The van der Waals surface area contributed by atoms with Crippen molar-refractivity contribution in [1.29, 1.82) is 0 Å². The van der Waals surface area contributed by atoms with Crippen LogP contribution in [0.5, 0.6) is 34.9 Å². The fourth-order valence-corrected chi connectivity index (χ4v) is 6.44. The summed E-state index contributed by atoms with van der Waals surface area (Å²) in [5.41, 5.74) is 9.99. The van der Waals surface area contributed by atoms with Gasteiger partial charge in [-0.3, -0.25) is 15.0 Å². The van der Waals surface area contributed by atoms with Crippen LogP contribution in [-0.4, -0.2) is 23.5 Å². The molecule has 444 valence electrons. The molecule has 18 heteroatoms. The molecule has 82 heavy (non-hydrogen) atoms. The summed E-state index contributed by atoms with van der Waals surface area (Å²) in [4.78, 5) is 10.8. The van der Waals surface area contributed by atoms with Gasteiger partial charge in [-0.2, -0.15) is 0 Å². The first-order chi connectivity index (χ1) is 37.3. The fraction of sp³-hybridized carbons (Fsp3) is 0.297. The van der Waals surface area contributed by atoms with Crippen LogP contribution < -0.4 is 30.6 Å². The van der Waals surface area contributed by atoms with E-state index in [0.717, 1.165) is 0 Å². The second-order valence-corrected chi connectivity index (χ2v) is 22.5. The van der Waals surface area contributed by atoms with Crippen molar-refractivity contribution in [3.8, 4) is 34.9 Å². The van der Waals surface area contributed by atoms with Gasteiger partial charge in [-0.15, -0.1) is 0 Å². The number of rotatable bonds is 5. The first-order valence-electron chi connectivity index (χ1n) is 25.5. The van der Waals surface area contributed by atoms with Crippen LogP contribution in [0.25, 0.3) is 32.7 Å². The van der Waals surface area contributed by atoms with Gasteiger partial charge in [-0.1, -0.05) is 324 Å². The molecule has 0 spiro atoms. The van der Waals surface area contributed by atoms with E-state index in [4.69, 9.17) is 69.6 Å². The van der Waals surface area contributed by atoms with E-state index in [1.54, 1.807) is 72.8 Å². The number of fused-ring (bicyclic) bond motifs is 3. The molecule has 0 unspecified atom stereocenters. The zero-order valence-electron chi connectivity index (χ0n) is 47.7. The summed E-state index contributed by atoms with van der Waals surface area (Å²) in [5, 5.41) is 67.1. The Morgan fingerprint density at radius 3 is 0.707 bits per heavy atom. The molecule has 9 nitrogen and oxygen atoms in total. The predicted molar refractivity (Wildman–Crippen MR) is 326 cm³/mol. The minimum absolute atomic E-state index is 0. The molecular weight excluding hydrogens is 1420 g/mol. The van der Waals surface area contributed by atoms with Crippen molar-refractivity contribution in [2.24, 2.45) is 0 Å². The molecule has 0 N–H and O–H groups in total. The molecule has 0 aliphatic heterocycles. The summed E-state index contributed by atoms with van der Waals surface area (Å²) in [6.45, 7) is 24.0. The van der Waals surface area contributed by atoms with Crippen LogP contribution in [0.3, 0.4) is 0 Å². The zero-order chi connectivity index (χ0) is 59.6. The van der Waals surface area contributed by atoms with Gasteiger partial charge in [0.25, 0.3) is 0 Å². The molecule has 0 radical (unpaired) electrons. The minimum atomic E-state index is -0.750. The molecule has 0 aliphatic carbocycles. The third kappa shape index (κ3) is 36.0. The van der Waals surface area contributed by atoms with Crippen LogP contribution in [0.15, 0.2) is 164 Å². The zero-order valence-corrected chi connectivity index (χ0v) is 57.5. The van der Waals surface area contributed by atoms with E-state index in [0.29, 0.717) is 50.5 Å². The van der Waals surface area contributed by atoms with Crippen molar-refractivity contribution in [2.75, 3.05) is 0 Å². The maximum Gasteiger partial charge on any atom is 2.00 e. The molecule has 0 saturated heterocycles. The largest absolute Gasteiger partial charge is 2.00 e. The Morgan fingerprint density at radius 2 is 0.537 bits per heavy atom. The molecule has 0 amide bonds. The molecule has 3 heterocycles. The van der Waals surface area contributed by atoms with Crippen molar-refractivity contribution in [2.45, 2.75) is 122 Å². The molecule has 0 atom stereocenters. The number of para-hydroxylation sites is 3. The van der Waals surface area contributed by atoms with E-state index >= 15 is 0 Å². The molecule has 0 aliphatic rings. The van der Waals surface area contributed by atoms with E-state index in [1.807, 2.05) is 0 Å². The van der Waals surface area contributed by atoms with Crippen molar-refractivity contribution in [3.05, 3.63) is 197 Å². The molecule has 0 saturated carbocycles. The SMILES string of the molecule is CCCCC.Cc1ccc(C(C)C)cc1.Cc1ccc(C(C)C)cc1.Cc1ccc(C(C)C)cc1.ClC(Cl)Cl.ClC(Cl)Cl.[O-]c1cc2ccccc2nc1[O-].[O-]c1cc2ccccc2nc1[O-].[O-]c1cc2ccccc2nc1[O-].[Ru+2].[Ru+2].[Ru+2]. The van der Waals surface area contributed by atoms with Gasteiger partial charge in [0.1, 0.15) is 0 Å². The van der Waals surface area contributed by atoms with Crippen LogP contribution in [-0.2, 0) is 58.4 Å². The monoisotopic (exact) mass is 1490 g/mol. The van der Waals surface area contributed by atoms with Gasteiger partial charge < -0.3 is 30.6 Å². The van der Waals surface area contributed by atoms with Crippen LogP contribution in [0.4, 0.5) is 0 Å². The van der Waals surface area contributed by atoms with E-state index in [2.05, 4.69) is 164 Å². The Bertz CT molecular complexity index is 2640. The van der Waals surface area contributed by atoms with E-state index in [1.165, 1.54) is 70.8 Å². The Morgan fingerprint density at radius 1 is 0.341 bits per heavy atom. The van der Waals surface area contributed by atoms with Gasteiger partial charge in [0.2, 0.25) is 0 Å². The number of hydrogen-bond donors (Lipinski definition) is 0. The topological polar surface area (TPSA) is 177 Å². The number of nitrogens with zero attached hydrogens (tertiary/aromatic N) is 3. The molecule has 0 fully saturated rings. The van der Waals surface area contributed by atoms with E-state index in [9.17, 15) is 30.6 Å². The van der Waals surface area contributed by atoms with Gasteiger partial charge in [0.15, 0.2) is 8.59 Å². The average molecular weight is 1490 g/mol.